The SMILES string of the molecule is CCOC(=O)C=CC(=O)NC(=S)Nc1ccccc1F. The summed E-state index contributed by atoms with van der Waals surface area (Å²) >= 11 is 4.84. The molecule has 106 valence electrons. The van der Waals surface area contributed by atoms with E-state index >= 15 is 0 Å². The van der Waals surface area contributed by atoms with Crippen LogP contribution in [0.3, 0.4) is 0 Å². The van der Waals surface area contributed by atoms with Crippen molar-refractivity contribution in [3.8, 4) is 0 Å². The molecule has 0 unspecified atom stereocenters. The molecule has 0 bridgehead atoms. The van der Waals surface area contributed by atoms with Crippen molar-refractivity contribution in [1.82, 2.24) is 5.32 Å². The average Bonchev–Trinajstić information content (AvgIpc) is 2.39. The highest BCUT2D eigenvalue weighted by atomic mass is 32.1. The van der Waals surface area contributed by atoms with Crippen molar-refractivity contribution in [3.05, 3.63) is 42.2 Å². The number of rotatable bonds is 4. The van der Waals surface area contributed by atoms with Gasteiger partial charge < -0.3 is 10.1 Å². The van der Waals surface area contributed by atoms with Gasteiger partial charge in [0.25, 0.3) is 0 Å². The topological polar surface area (TPSA) is 67.4 Å². The summed E-state index contributed by atoms with van der Waals surface area (Å²) in [7, 11) is 0. The predicted octanol–water partition coefficient (Wildman–Crippen LogP) is 1.76. The second kappa shape index (κ2) is 8.00. The smallest absolute Gasteiger partial charge is 0.330 e. The summed E-state index contributed by atoms with van der Waals surface area (Å²) in [5, 5.41) is 4.73. The van der Waals surface area contributed by atoms with Gasteiger partial charge in [0, 0.05) is 12.2 Å². The van der Waals surface area contributed by atoms with Crippen LogP contribution in [-0.2, 0) is 14.3 Å². The van der Waals surface area contributed by atoms with Gasteiger partial charge in [-0.3, -0.25) is 10.1 Å². The number of thiocarbonyl (C=S) groups is 1. The zero-order valence-corrected chi connectivity index (χ0v) is 11.5. The first-order valence-corrected chi connectivity index (χ1v) is 6.15. The number of hydrogen-bond acceptors (Lipinski definition) is 4. The van der Waals surface area contributed by atoms with E-state index in [9.17, 15) is 14.0 Å². The van der Waals surface area contributed by atoms with Crippen molar-refractivity contribution < 1.29 is 18.7 Å². The normalized spacial score (nSPS) is 10.1. The van der Waals surface area contributed by atoms with E-state index in [1.54, 1.807) is 13.0 Å². The van der Waals surface area contributed by atoms with Crippen molar-refractivity contribution in [2.45, 2.75) is 6.92 Å². The molecule has 1 rings (SSSR count). The molecule has 1 aromatic carbocycles. The molecular weight excluding hydrogens is 283 g/mol. The Morgan fingerprint density at radius 1 is 1.35 bits per heavy atom. The van der Waals surface area contributed by atoms with Gasteiger partial charge >= 0.3 is 5.97 Å². The lowest BCUT2D eigenvalue weighted by molar-refractivity contribution is -0.137. The maximum absolute atomic E-state index is 13.3. The number of para-hydroxylation sites is 1. The highest BCUT2D eigenvalue weighted by molar-refractivity contribution is 7.80. The van der Waals surface area contributed by atoms with Crippen LogP contribution in [0.5, 0.6) is 0 Å². The molecule has 20 heavy (non-hydrogen) atoms. The van der Waals surface area contributed by atoms with Gasteiger partial charge in [-0.1, -0.05) is 12.1 Å². The molecule has 0 spiro atoms. The molecule has 0 heterocycles. The van der Waals surface area contributed by atoms with Gasteiger partial charge in [-0.05, 0) is 31.3 Å². The minimum absolute atomic E-state index is 0.0754. The Kier molecular flexibility index (Phi) is 6.31. The molecule has 1 aromatic rings. The molecule has 0 aliphatic carbocycles. The molecule has 0 radical (unpaired) electrons. The molecule has 2 N–H and O–H groups in total. The van der Waals surface area contributed by atoms with E-state index in [0.29, 0.717) is 0 Å². The molecule has 0 saturated heterocycles. The summed E-state index contributed by atoms with van der Waals surface area (Å²) in [4.78, 5) is 22.4. The van der Waals surface area contributed by atoms with Gasteiger partial charge in [0.1, 0.15) is 5.82 Å². The highest BCUT2D eigenvalue weighted by Crippen LogP contribution is 2.11. The number of anilines is 1. The van der Waals surface area contributed by atoms with Gasteiger partial charge in [0.05, 0.1) is 12.3 Å². The Labute approximate surface area is 120 Å². The lowest BCUT2D eigenvalue weighted by atomic mass is 10.3. The summed E-state index contributed by atoms with van der Waals surface area (Å²) in [5.74, 6) is -1.74. The first-order chi connectivity index (χ1) is 9.52. The predicted molar refractivity (Wildman–Crippen MR) is 76.5 cm³/mol. The number of nitrogens with one attached hydrogen (secondary N) is 2. The molecule has 0 aliphatic heterocycles. The van der Waals surface area contributed by atoms with Crippen molar-refractivity contribution in [1.29, 1.82) is 0 Å². The zero-order chi connectivity index (χ0) is 15.0. The second-order valence-corrected chi connectivity index (χ2v) is 3.92. The third kappa shape index (κ3) is 5.57. The number of amides is 1. The second-order valence-electron chi connectivity index (χ2n) is 3.51. The van der Waals surface area contributed by atoms with Crippen molar-refractivity contribution >= 4 is 34.9 Å². The Balaban J connectivity index is 2.48. The van der Waals surface area contributed by atoms with E-state index in [1.807, 2.05) is 0 Å². The van der Waals surface area contributed by atoms with Crippen LogP contribution in [0, 0.1) is 5.82 Å². The summed E-state index contributed by atoms with van der Waals surface area (Å²) in [6.07, 6.45) is 1.96. The summed E-state index contributed by atoms with van der Waals surface area (Å²) < 4.78 is 17.9. The standard InChI is InChI=1S/C13H13FN2O3S/c1-2-19-12(18)8-7-11(17)16-13(20)15-10-6-4-3-5-9(10)14/h3-8H,2H2,1H3,(H2,15,16,17,20). The van der Waals surface area contributed by atoms with E-state index in [2.05, 4.69) is 15.4 Å². The van der Waals surface area contributed by atoms with E-state index in [0.717, 1.165) is 12.2 Å². The van der Waals surface area contributed by atoms with Crippen molar-refractivity contribution in [2.24, 2.45) is 0 Å². The van der Waals surface area contributed by atoms with Crippen molar-refractivity contribution in [3.63, 3.8) is 0 Å². The fraction of sp³-hybridized carbons (Fsp3) is 0.154. The Morgan fingerprint density at radius 2 is 2.05 bits per heavy atom. The summed E-state index contributed by atoms with van der Waals surface area (Å²) in [6, 6.07) is 5.89. The molecule has 7 heteroatoms. The first kappa shape index (κ1) is 15.8. The van der Waals surface area contributed by atoms with Crippen LogP contribution < -0.4 is 10.6 Å². The number of carbonyl (C=O) groups excluding carboxylic acids is 2. The molecule has 0 aliphatic rings. The largest absolute Gasteiger partial charge is 0.463 e. The maximum atomic E-state index is 13.3. The molecule has 1 amide bonds. The summed E-state index contributed by atoms with van der Waals surface area (Å²) in [6.45, 7) is 1.87. The number of halogens is 1. The van der Waals surface area contributed by atoms with Gasteiger partial charge in [-0.2, -0.15) is 0 Å². The quantitative estimate of drug-likeness (QED) is 0.503. The fourth-order valence-electron chi connectivity index (χ4n) is 1.20. The Morgan fingerprint density at radius 3 is 2.70 bits per heavy atom. The van der Waals surface area contributed by atoms with Crippen LogP contribution in [-0.4, -0.2) is 23.6 Å². The third-order valence-corrected chi connectivity index (χ3v) is 2.22. The molecule has 0 fully saturated rings. The molecule has 5 nitrogen and oxygen atoms in total. The van der Waals surface area contributed by atoms with Crippen LogP contribution in [0.4, 0.5) is 10.1 Å². The zero-order valence-electron chi connectivity index (χ0n) is 10.7. The van der Waals surface area contributed by atoms with E-state index in [1.165, 1.54) is 18.2 Å². The van der Waals surface area contributed by atoms with Crippen LogP contribution >= 0.6 is 12.2 Å². The summed E-state index contributed by atoms with van der Waals surface area (Å²) in [5.41, 5.74) is 0.146. The lowest BCUT2D eigenvalue weighted by Gasteiger charge is -2.08. The van der Waals surface area contributed by atoms with E-state index < -0.39 is 17.7 Å². The van der Waals surface area contributed by atoms with Gasteiger partial charge in [0.15, 0.2) is 5.11 Å². The number of esters is 1. The Hall–Kier alpha value is -2.28. The van der Waals surface area contributed by atoms with Crippen LogP contribution in [0.25, 0.3) is 0 Å². The number of hydrogen-bond donors (Lipinski definition) is 2. The first-order valence-electron chi connectivity index (χ1n) is 5.74. The Bertz CT molecular complexity index is 546. The van der Waals surface area contributed by atoms with Gasteiger partial charge in [0.2, 0.25) is 5.91 Å². The minimum atomic E-state index is -0.629. The third-order valence-electron chi connectivity index (χ3n) is 2.02. The van der Waals surface area contributed by atoms with Gasteiger partial charge in [-0.25, -0.2) is 9.18 Å². The van der Waals surface area contributed by atoms with Crippen LogP contribution in [0.2, 0.25) is 0 Å². The molecule has 0 aromatic heterocycles. The number of ether oxygens (including phenoxy) is 1. The van der Waals surface area contributed by atoms with Crippen LogP contribution in [0.15, 0.2) is 36.4 Å². The lowest BCUT2D eigenvalue weighted by Crippen LogP contribution is -2.33. The van der Waals surface area contributed by atoms with Crippen molar-refractivity contribution in [2.75, 3.05) is 11.9 Å². The van der Waals surface area contributed by atoms with Crippen LogP contribution in [0.1, 0.15) is 6.92 Å². The fourth-order valence-corrected chi connectivity index (χ4v) is 1.41. The molecule has 0 saturated carbocycles. The van der Waals surface area contributed by atoms with Gasteiger partial charge in [-0.15, -0.1) is 0 Å². The molecular formula is C13H13FN2O3S. The molecule has 0 atom stereocenters. The maximum Gasteiger partial charge on any atom is 0.330 e. The minimum Gasteiger partial charge on any atom is -0.463 e. The van der Waals surface area contributed by atoms with E-state index in [-0.39, 0.29) is 17.4 Å². The number of benzene rings is 1. The average molecular weight is 296 g/mol. The highest BCUT2D eigenvalue weighted by Gasteiger charge is 2.05. The number of carbonyl (C=O) groups is 2. The monoisotopic (exact) mass is 296 g/mol. The van der Waals surface area contributed by atoms with E-state index in [4.69, 9.17) is 12.2 Å².